The smallest absolute Gasteiger partial charge is 0.273 e. The maximum Gasteiger partial charge on any atom is 0.273 e. The van der Waals surface area contributed by atoms with Crippen molar-refractivity contribution in [1.29, 1.82) is 0 Å². The highest BCUT2D eigenvalue weighted by atomic mass is 35.5. The number of ether oxygens (including phenoxy) is 1. The molecule has 0 bridgehead atoms. The Kier molecular flexibility index (Phi) is 8.21. The van der Waals surface area contributed by atoms with Gasteiger partial charge in [-0.3, -0.25) is 15.0 Å². The molecule has 1 heterocycles. The van der Waals surface area contributed by atoms with Crippen molar-refractivity contribution in [3.8, 4) is 11.5 Å². The third kappa shape index (κ3) is 5.10. The topological polar surface area (TPSA) is 87.9 Å². The lowest BCUT2D eigenvalue weighted by Gasteiger charge is -2.35. The molecule has 7 nitrogen and oxygen atoms in total. The summed E-state index contributed by atoms with van der Waals surface area (Å²) in [7, 11) is 1.42. The SMILES string of the molecule is COc1cc([N+](=O)[O-])cc([C@@H](CC2CC2)N2CCNCC2)c1O.Cl.Cl. The van der Waals surface area contributed by atoms with Gasteiger partial charge >= 0.3 is 0 Å². The zero-order valence-electron chi connectivity index (χ0n) is 14.1. The van der Waals surface area contributed by atoms with Crippen LogP contribution in [0.4, 0.5) is 5.69 Å². The lowest BCUT2D eigenvalue weighted by molar-refractivity contribution is -0.385. The van der Waals surface area contributed by atoms with Crippen LogP contribution in [-0.2, 0) is 0 Å². The lowest BCUT2D eigenvalue weighted by atomic mass is 9.96. The molecular weight excluding hydrogens is 369 g/mol. The number of halogens is 2. The third-order valence-electron chi connectivity index (χ3n) is 4.72. The average Bonchev–Trinajstić information content (AvgIpc) is 3.38. The molecule has 3 rings (SSSR count). The van der Waals surface area contributed by atoms with Crippen LogP contribution >= 0.6 is 24.8 Å². The molecule has 1 atom stereocenters. The number of aromatic hydroxyl groups is 1. The summed E-state index contributed by atoms with van der Waals surface area (Å²) in [6.07, 6.45) is 3.34. The summed E-state index contributed by atoms with van der Waals surface area (Å²) in [4.78, 5) is 13.1. The van der Waals surface area contributed by atoms with E-state index < -0.39 is 4.92 Å². The number of phenolic OH excluding ortho intramolecular Hbond substituents is 1. The Morgan fingerprint density at radius 2 is 2.00 bits per heavy atom. The number of benzene rings is 1. The normalized spacial score (nSPS) is 18.6. The highest BCUT2D eigenvalue weighted by Gasteiger charge is 2.33. The molecule has 1 aromatic rings. The number of piperazine rings is 1. The first-order chi connectivity index (χ1) is 11.1. The number of nitro groups is 1. The fraction of sp³-hybridized carbons (Fsp3) is 0.625. The zero-order valence-corrected chi connectivity index (χ0v) is 15.8. The summed E-state index contributed by atoms with van der Waals surface area (Å²) in [5.41, 5.74) is 0.579. The van der Waals surface area contributed by atoms with Crippen LogP contribution in [0.15, 0.2) is 12.1 Å². The fourth-order valence-corrected chi connectivity index (χ4v) is 3.27. The lowest BCUT2D eigenvalue weighted by Crippen LogP contribution is -2.45. The van der Waals surface area contributed by atoms with Gasteiger partial charge in [0, 0.05) is 43.9 Å². The van der Waals surface area contributed by atoms with Gasteiger partial charge in [0.15, 0.2) is 11.5 Å². The first-order valence-electron chi connectivity index (χ1n) is 8.10. The van der Waals surface area contributed by atoms with E-state index >= 15 is 0 Å². The van der Waals surface area contributed by atoms with Gasteiger partial charge < -0.3 is 15.2 Å². The van der Waals surface area contributed by atoms with E-state index in [4.69, 9.17) is 4.74 Å². The number of non-ortho nitro benzene ring substituents is 1. The minimum Gasteiger partial charge on any atom is -0.504 e. The molecule has 2 fully saturated rings. The largest absolute Gasteiger partial charge is 0.504 e. The summed E-state index contributed by atoms with van der Waals surface area (Å²) < 4.78 is 5.15. The predicted molar refractivity (Wildman–Crippen MR) is 100 cm³/mol. The second-order valence-electron chi connectivity index (χ2n) is 6.32. The van der Waals surface area contributed by atoms with Gasteiger partial charge in [-0.15, -0.1) is 24.8 Å². The Morgan fingerprint density at radius 1 is 1.36 bits per heavy atom. The van der Waals surface area contributed by atoms with E-state index in [2.05, 4.69) is 10.2 Å². The van der Waals surface area contributed by atoms with E-state index in [9.17, 15) is 15.2 Å². The Hall–Kier alpha value is -1.28. The first kappa shape index (κ1) is 21.8. The van der Waals surface area contributed by atoms with E-state index in [0.717, 1.165) is 32.6 Å². The van der Waals surface area contributed by atoms with Crippen molar-refractivity contribution in [2.75, 3.05) is 33.3 Å². The molecule has 1 saturated heterocycles. The van der Waals surface area contributed by atoms with Crippen LogP contribution in [0, 0.1) is 16.0 Å². The molecule has 2 aliphatic rings. The standard InChI is InChI=1S/C16H23N3O4.2ClH/c1-23-15-10-12(19(21)22)9-13(16(15)20)14(8-11-2-3-11)18-6-4-17-5-7-18;;/h9-11,14,17,20H,2-8H2,1H3;2*1H/t14-;;/m1../s1. The van der Waals surface area contributed by atoms with E-state index in [-0.39, 0.29) is 48.0 Å². The quantitative estimate of drug-likeness (QED) is 0.570. The number of nitrogens with one attached hydrogen (secondary N) is 1. The fourth-order valence-electron chi connectivity index (χ4n) is 3.27. The highest BCUT2D eigenvalue weighted by molar-refractivity contribution is 5.85. The van der Waals surface area contributed by atoms with Gasteiger partial charge in [0.2, 0.25) is 0 Å². The molecule has 1 aromatic carbocycles. The molecule has 0 radical (unpaired) electrons. The molecule has 0 amide bonds. The molecule has 1 saturated carbocycles. The number of nitrogens with zero attached hydrogens (tertiary/aromatic N) is 2. The summed E-state index contributed by atoms with van der Waals surface area (Å²) in [6, 6.07) is 2.79. The van der Waals surface area contributed by atoms with Crippen molar-refractivity contribution >= 4 is 30.5 Å². The molecule has 1 aliphatic heterocycles. The molecule has 25 heavy (non-hydrogen) atoms. The predicted octanol–water partition coefficient (Wildman–Crippen LogP) is 2.90. The van der Waals surface area contributed by atoms with Gasteiger partial charge in [-0.2, -0.15) is 0 Å². The number of hydrogen-bond acceptors (Lipinski definition) is 6. The summed E-state index contributed by atoms with van der Waals surface area (Å²) in [6.45, 7) is 3.55. The average molecular weight is 394 g/mol. The van der Waals surface area contributed by atoms with Crippen LogP contribution in [0.25, 0.3) is 0 Å². The molecular formula is C16H25Cl2N3O4. The Labute approximate surface area is 159 Å². The second kappa shape index (κ2) is 9.43. The van der Waals surface area contributed by atoms with Crippen LogP contribution in [0.5, 0.6) is 11.5 Å². The summed E-state index contributed by atoms with van der Waals surface area (Å²) >= 11 is 0. The van der Waals surface area contributed by atoms with Crippen molar-refractivity contribution in [3.05, 3.63) is 27.8 Å². The van der Waals surface area contributed by atoms with E-state index in [0.29, 0.717) is 11.5 Å². The Balaban J connectivity index is 0.00000156. The van der Waals surface area contributed by atoms with Crippen molar-refractivity contribution < 1.29 is 14.8 Å². The summed E-state index contributed by atoms with van der Waals surface area (Å²) in [5, 5.41) is 25.1. The van der Waals surface area contributed by atoms with Crippen molar-refractivity contribution in [3.63, 3.8) is 0 Å². The highest BCUT2D eigenvalue weighted by Crippen LogP contribution is 2.45. The molecule has 0 unspecified atom stereocenters. The number of hydrogen-bond donors (Lipinski definition) is 2. The monoisotopic (exact) mass is 393 g/mol. The van der Waals surface area contributed by atoms with Gasteiger partial charge in [-0.25, -0.2) is 0 Å². The molecule has 0 aromatic heterocycles. The van der Waals surface area contributed by atoms with Crippen molar-refractivity contribution in [2.45, 2.75) is 25.3 Å². The molecule has 142 valence electrons. The van der Waals surface area contributed by atoms with Crippen LogP contribution < -0.4 is 10.1 Å². The van der Waals surface area contributed by atoms with Gasteiger partial charge in [-0.05, 0) is 12.3 Å². The minimum atomic E-state index is -0.433. The van der Waals surface area contributed by atoms with E-state index in [1.165, 1.54) is 32.1 Å². The number of rotatable bonds is 6. The van der Waals surface area contributed by atoms with Crippen LogP contribution in [0.1, 0.15) is 30.9 Å². The van der Waals surface area contributed by atoms with E-state index in [1.807, 2.05) is 0 Å². The minimum absolute atomic E-state index is 0. The Morgan fingerprint density at radius 3 is 2.52 bits per heavy atom. The van der Waals surface area contributed by atoms with Crippen LogP contribution in [0.2, 0.25) is 0 Å². The van der Waals surface area contributed by atoms with Crippen molar-refractivity contribution in [1.82, 2.24) is 10.2 Å². The zero-order chi connectivity index (χ0) is 16.4. The summed E-state index contributed by atoms with van der Waals surface area (Å²) in [5.74, 6) is 0.854. The molecule has 2 N–H and O–H groups in total. The number of methoxy groups -OCH3 is 1. The van der Waals surface area contributed by atoms with Crippen molar-refractivity contribution in [2.24, 2.45) is 5.92 Å². The number of phenols is 1. The molecule has 0 spiro atoms. The van der Waals surface area contributed by atoms with E-state index in [1.54, 1.807) is 0 Å². The van der Waals surface area contributed by atoms with Gasteiger partial charge in [0.05, 0.1) is 18.1 Å². The Bertz CT molecular complexity index is 593. The molecule has 1 aliphatic carbocycles. The van der Waals surface area contributed by atoms with Gasteiger partial charge in [-0.1, -0.05) is 12.8 Å². The maximum absolute atomic E-state index is 11.2. The third-order valence-corrected chi connectivity index (χ3v) is 4.72. The van der Waals surface area contributed by atoms with Gasteiger partial charge in [0.25, 0.3) is 5.69 Å². The van der Waals surface area contributed by atoms with Crippen LogP contribution in [-0.4, -0.2) is 48.2 Å². The maximum atomic E-state index is 11.2. The van der Waals surface area contributed by atoms with Crippen LogP contribution in [0.3, 0.4) is 0 Å². The van der Waals surface area contributed by atoms with Gasteiger partial charge in [0.1, 0.15) is 0 Å². The number of nitro benzene ring substituents is 1. The second-order valence-corrected chi connectivity index (χ2v) is 6.32. The molecule has 9 heteroatoms. The first-order valence-corrected chi connectivity index (χ1v) is 8.10.